The second kappa shape index (κ2) is 15.2. The first kappa shape index (κ1) is 31.0. The standard InChI is InChI=1S/C51H48N2/c1-36-11-26-49(53-35-36)42-16-14-38(15-17-42)12-13-39-31-37(2)32-45(33-39)48-10-6-5-9-47(48)41-18-20-43(21-19-41)50-34-44(27-30-52-50)40-22-24-46(25-23-40)51(3)28-7-4-8-29-51/h5-6,9-11,14-27,30-35H,4,7-8,12-13,28-29H2,1-3H3/i1D3. The summed E-state index contributed by atoms with van der Waals surface area (Å²) >= 11 is 0. The molecule has 2 nitrogen and oxygen atoms in total. The van der Waals surface area contributed by atoms with Crippen LogP contribution in [0.25, 0.3) is 55.9 Å². The predicted molar refractivity (Wildman–Crippen MR) is 223 cm³/mol. The first-order chi connectivity index (χ1) is 27.1. The van der Waals surface area contributed by atoms with Gasteiger partial charge in [0.15, 0.2) is 0 Å². The molecule has 0 spiro atoms. The first-order valence-corrected chi connectivity index (χ1v) is 19.1. The highest BCUT2D eigenvalue weighted by molar-refractivity contribution is 5.85. The Morgan fingerprint density at radius 1 is 0.528 bits per heavy atom. The third-order valence-corrected chi connectivity index (χ3v) is 11.2. The summed E-state index contributed by atoms with van der Waals surface area (Å²) in [7, 11) is 0. The third kappa shape index (κ3) is 7.78. The molecule has 0 saturated heterocycles. The number of hydrogen-bond acceptors (Lipinski definition) is 2. The lowest BCUT2D eigenvalue weighted by Crippen LogP contribution is -2.24. The summed E-state index contributed by atoms with van der Waals surface area (Å²) in [6.45, 7) is 2.46. The Balaban J connectivity index is 0.967. The Kier molecular flexibility index (Phi) is 8.87. The molecular formula is C51H48N2. The summed E-state index contributed by atoms with van der Waals surface area (Å²) in [4.78, 5) is 9.17. The van der Waals surface area contributed by atoms with Gasteiger partial charge in [0.25, 0.3) is 0 Å². The minimum Gasteiger partial charge on any atom is -0.256 e. The number of aromatic nitrogens is 2. The zero-order chi connectivity index (χ0) is 38.7. The highest BCUT2D eigenvalue weighted by atomic mass is 14.7. The zero-order valence-electron chi connectivity index (χ0n) is 33.8. The number of rotatable bonds is 9. The molecule has 2 heteroatoms. The highest BCUT2D eigenvalue weighted by Crippen LogP contribution is 2.40. The quantitative estimate of drug-likeness (QED) is 0.151. The van der Waals surface area contributed by atoms with Crippen molar-refractivity contribution in [2.75, 3.05) is 0 Å². The lowest BCUT2D eigenvalue weighted by Gasteiger charge is -2.34. The van der Waals surface area contributed by atoms with Crippen LogP contribution in [0.1, 0.15) is 71.0 Å². The van der Waals surface area contributed by atoms with E-state index in [1.54, 1.807) is 12.1 Å². The molecule has 1 fully saturated rings. The van der Waals surface area contributed by atoms with Gasteiger partial charge in [-0.15, -0.1) is 0 Å². The molecule has 1 saturated carbocycles. The highest BCUT2D eigenvalue weighted by Gasteiger charge is 2.28. The molecule has 53 heavy (non-hydrogen) atoms. The molecule has 8 rings (SSSR count). The van der Waals surface area contributed by atoms with Crippen LogP contribution >= 0.6 is 0 Å². The maximum absolute atomic E-state index is 7.60. The molecule has 0 bridgehead atoms. The van der Waals surface area contributed by atoms with Gasteiger partial charge in [0.1, 0.15) is 0 Å². The fourth-order valence-corrected chi connectivity index (χ4v) is 8.12. The van der Waals surface area contributed by atoms with E-state index < -0.39 is 6.85 Å². The molecule has 1 aliphatic rings. The normalized spacial score (nSPS) is 14.9. The Hall–Kier alpha value is -5.60. The summed E-state index contributed by atoms with van der Waals surface area (Å²) in [5.41, 5.74) is 16.9. The van der Waals surface area contributed by atoms with Crippen LogP contribution < -0.4 is 0 Å². The Morgan fingerprint density at radius 3 is 1.91 bits per heavy atom. The molecule has 0 N–H and O–H groups in total. The molecule has 0 aliphatic heterocycles. The van der Waals surface area contributed by atoms with Crippen LogP contribution in [-0.2, 0) is 18.3 Å². The first-order valence-electron chi connectivity index (χ1n) is 20.6. The minimum atomic E-state index is -2.15. The van der Waals surface area contributed by atoms with Crippen molar-refractivity contribution in [1.82, 2.24) is 9.97 Å². The van der Waals surface area contributed by atoms with Crippen LogP contribution in [0.3, 0.4) is 0 Å². The van der Waals surface area contributed by atoms with E-state index in [4.69, 9.17) is 9.10 Å². The smallest absolute Gasteiger partial charge is 0.0708 e. The maximum Gasteiger partial charge on any atom is 0.0708 e. The van der Waals surface area contributed by atoms with E-state index in [-0.39, 0.29) is 5.56 Å². The van der Waals surface area contributed by atoms with Crippen LogP contribution in [0.2, 0.25) is 0 Å². The van der Waals surface area contributed by atoms with Crippen LogP contribution in [0.5, 0.6) is 0 Å². The number of benzene rings is 5. The molecule has 0 atom stereocenters. The molecule has 0 unspecified atom stereocenters. The van der Waals surface area contributed by atoms with Gasteiger partial charge >= 0.3 is 0 Å². The predicted octanol–water partition coefficient (Wildman–Crippen LogP) is 13.4. The van der Waals surface area contributed by atoms with Gasteiger partial charge in [-0.25, -0.2) is 0 Å². The largest absolute Gasteiger partial charge is 0.256 e. The van der Waals surface area contributed by atoms with Gasteiger partial charge in [-0.1, -0.05) is 153 Å². The van der Waals surface area contributed by atoms with E-state index in [2.05, 4.69) is 146 Å². The molecule has 2 heterocycles. The van der Waals surface area contributed by atoms with Gasteiger partial charge < -0.3 is 0 Å². The fraction of sp³-hybridized carbons (Fsp3) is 0.216. The molecule has 2 aromatic heterocycles. The number of hydrogen-bond donors (Lipinski definition) is 0. The van der Waals surface area contributed by atoms with Crippen molar-refractivity contribution in [3.8, 4) is 55.9 Å². The van der Waals surface area contributed by atoms with Gasteiger partial charge in [-0.3, -0.25) is 9.97 Å². The van der Waals surface area contributed by atoms with Gasteiger partial charge in [0, 0.05) is 27.6 Å². The van der Waals surface area contributed by atoms with Crippen molar-refractivity contribution in [3.05, 3.63) is 180 Å². The van der Waals surface area contributed by atoms with E-state index in [0.717, 1.165) is 35.4 Å². The zero-order valence-corrected chi connectivity index (χ0v) is 30.8. The van der Waals surface area contributed by atoms with Crippen molar-refractivity contribution in [2.24, 2.45) is 0 Å². The van der Waals surface area contributed by atoms with Crippen molar-refractivity contribution in [2.45, 2.75) is 71.1 Å². The molecule has 0 amide bonds. The fourth-order valence-electron chi connectivity index (χ4n) is 8.12. The Bertz CT molecular complexity index is 2420. The summed E-state index contributed by atoms with van der Waals surface area (Å²) < 4.78 is 22.8. The summed E-state index contributed by atoms with van der Waals surface area (Å²) in [5.74, 6) is 0. The van der Waals surface area contributed by atoms with Crippen LogP contribution in [0.4, 0.5) is 0 Å². The van der Waals surface area contributed by atoms with Crippen LogP contribution in [0.15, 0.2) is 152 Å². The number of pyridine rings is 2. The molecule has 262 valence electrons. The molecule has 0 radical (unpaired) electrons. The van der Waals surface area contributed by atoms with Gasteiger partial charge in [-0.05, 0) is 119 Å². The summed E-state index contributed by atoms with van der Waals surface area (Å²) in [6.07, 6.45) is 11.8. The van der Waals surface area contributed by atoms with Gasteiger partial charge in [-0.2, -0.15) is 0 Å². The SMILES string of the molecule is [2H]C([2H])([2H])c1ccc(-c2ccc(CCc3cc(C)cc(-c4ccccc4-c4ccc(-c5cc(-c6ccc(C7(C)CCCCC7)cc6)ccn5)cc4)c3)cc2)nc1. The van der Waals surface area contributed by atoms with E-state index in [9.17, 15) is 0 Å². The number of aryl methyl sites for hydroxylation is 4. The minimum absolute atomic E-state index is 0.256. The average Bonchev–Trinajstić information content (AvgIpc) is 3.23. The van der Waals surface area contributed by atoms with Crippen molar-refractivity contribution >= 4 is 0 Å². The summed E-state index contributed by atoms with van der Waals surface area (Å²) in [5, 5.41) is 0. The van der Waals surface area contributed by atoms with Crippen LogP contribution in [-0.4, -0.2) is 9.97 Å². The lowest BCUT2D eigenvalue weighted by molar-refractivity contribution is 0.319. The van der Waals surface area contributed by atoms with E-state index in [1.807, 2.05) is 6.20 Å². The lowest BCUT2D eigenvalue weighted by atomic mass is 9.71. The van der Waals surface area contributed by atoms with Crippen LogP contribution in [0, 0.1) is 13.8 Å². The van der Waals surface area contributed by atoms with Crippen molar-refractivity contribution in [3.63, 3.8) is 0 Å². The molecular weight excluding hydrogens is 641 g/mol. The Labute approximate surface area is 319 Å². The Morgan fingerprint density at radius 2 is 1.19 bits per heavy atom. The molecule has 7 aromatic rings. The average molecular weight is 692 g/mol. The van der Waals surface area contributed by atoms with Gasteiger partial charge in [0.05, 0.1) is 11.4 Å². The summed E-state index contributed by atoms with van der Waals surface area (Å²) in [6, 6.07) is 49.9. The number of nitrogens with zero attached hydrogens (tertiary/aromatic N) is 2. The monoisotopic (exact) mass is 691 g/mol. The molecule has 5 aromatic carbocycles. The third-order valence-electron chi connectivity index (χ3n) is 11.2. The van der Waals surface area contributed by atoms with Crippen molar-refractivity contribution < 1.29 is 4.11 Å². The second-order valence-corrected chi connectivity index (χ2v) is 15.1. The molecule has 1 aliphatic carbocycles. The maximum atomic E-state index is 7.60. The van der Waals surface area contributed by atoms with Crippen molar-refractivity contribution in [1.29, 1.82) is 0 Å². The topological polar surface area (TPSA) is 25.8 Å². The van der Waals surface area contributed by atoms with Gasteiger partial charge in [0.2, 0.25) is 0 Å². The van der Waals surface area contributed by atoms with E-state index in [1.165, 1.54) is 93.9 Å². The van der Waals surface area contributed by atoms with E-state index >= 15 is 0 Å². The van der Waals surface area contributed by atoms with E-state index in [0.29, 0.717) is 5.41 Å². The second-order valence-electron chi connectivity index (χ2n) is 15.1.